The quantitative estimate of drug-likeness (QED) is 0.708. The third-order valence-electron chi connectivity index (χ3n) is 5.91. The fourth-order valence-electron chi connectivity index (χ4n) is 3.61. The van der Waals surface area contributed by atoms with Crippen LogP contribution in [-0.4, -0.2) is 78.8 Å². The van der Waals surface area contributed by atoms with Crippen molar-refractivity contribution in [3.05, 3.63) is 47.7 Å². The van der Waals surface area contributed by atoms with E-state index in [2.05, 4.69) is 4.98 Å². The molecule has 1 amide bonds. The number of hydrogen-bond donors (Lipinski definition) is 1. The Morgan fingerprint density at radius 3 is 2.53 bits per heavy atom. The summed E-state index contributed by atoms with van der Waals surface area (Å²) < 4.78 is 31.3. The standard InChI is InChI=1S/C23H31N3O5S/c1-15-6-8-18(9-7-15)19-10-20-22(24-11-19)31-21(13-25(4)32(5,29)30)16(2)12-26(23(20)28)17(3)14-27/h6-11,16-17,21,27H,12-14H2,1-5H3/t16-,17-,21-/m1/s1. The molecular formula is C23H31N3O5S. The van der Waals surface area contributed by atoms with Crippen molar-refractivity contribution < 1.29 is 23.1 Å². The molecule has 1 aliphatic rings. The molecule has 174 valence electrons. The Bertz CT molecular complexity index is 1070. The second-order valence-electron chi connectivity index (χ2n) is 8.61. The van der Waals surface area contributed by atoms with Crippen LogP contribution in [0.2, 0.25) is 0 Å². The maximum atomic E-state index is 13.4. The van der Waals surface area contributed by atoms with E-state index < -0.39 is 22.2 Å². The number of nitrogens with zero attached hydrogens (tertiary/aromatic N) is 3. The summed E-state index contributed by atoms with van der Waals surface area (Å²) in [6.45, 7) is 5.93. The Kier molecular flexibility index (Phi) is 7.22. The van der Waals surface area contributed by atoms with Crippen LogP contribution < -0.4 is 4.74 Å². The molecule has 0 bridgehead atoms. The molecule has 0 saturated heterocycles. The number of likely N-dealkylation sites (N-methyl/N-ethyl adjacent to an activating group) is 1. The van der Waals surface area contributed by atoms with Gasteiger partial charge >= 0.3 is 0 Å². The monoisotopic (exact) mass is 461 g/mol. The first-order valence-corrected chi connectivity index (χ1v) is 12.4. The third-order valence-corrected chi connectivity index (χ3v) is 7.19. The largest absolute Gasteiger partial charge is 0.472 e. The first-order valence-electron chi connectivity index (χ1n) is 10.6. The van der Waals surface area contributed by atoms with Crippen LogP contribution in [0.3, 0.4) is 0 Å². The zero-order chi connectivity index (χ0) is 23.6. The van der Waals surface area contributed by atoms with Crippen LogP contribution in [0.25, 0.3) is 11.1 Å². The van der Waals surface area contributed by atoms with E-state index in [4.69, 9.17) is 4.74 Å². The highest BCUT2D eigenvalue weighted by molar-refractivity contribution is 7.88. The van der Waals surface area contributed by atoms with Crippen LogP contribution in [0.1, 0.15) is 29.8 Å². The molecule has 2 heterocycles. The highest BCUT2D eigenvalue weighted by Gasteiger charge is 2.35. The van der Waals surface area contributed by atoms with Crippen molar-refractivity contribution in [3.63, 3.8) is 0 Å². The third kappa shape index (κ3) is 5.28. The predicted octanol–water partition coefficient (Wildman–Crippen LogP) is 2.17. The van der Waals surface area contributed by atoms with E-state index in [0.29, 0.717) is 12.1 Å². The highest BCUT2D eigenvalue weighted by atomic mass is 32.2. The topological polar surface area (TPSA) is 100 Å². The number of carbonyl (C=O) groups excluding carboxylic acids is 1. The van der Waals surface area contributed by atoms with Gasteiger partial charge in [0.15, 0.2) is 0 Å². The number of amides is 1. The minimum absolute atomic E-state index is 0.121. The van der Waals surface area contributed by atoms with Crippen LogP contribution in [0.4, 0.5) is 0 Å². The first kappa shape index (κ1) is 24.2. The van der Waals surface area contributed by atoms with Crippen molar-refractivity contribution >= 4 is 15.9 Å². The summed E-state index contributed by atoms with van der Waals surface area (Å²) in [6.07, 6.45) is 2.28. The fraction of sp³-hybridized carbons (Fsp3) is 0.478. The molecule has 0 unspecified atom stereocenters. The van der Waals surface area contributed by atoms with Gasteiger partial charge < -0.3 is 14.7 Å². The second kappa shape index (κ2) is 9.56. The van der Waals surface area contributed by atoms with Crippen molar-refractivity contribution in [3.8, 4) is 17.0 Å². The Labute approximate surface area is 189 Å². The molecule has 0 fully saturated rings. The molecule has 1 aromatic heterocycles. The van der Waals surface area contributed by atoms with Crippen molar-refractivity contribution in [2.45, 2.75) is 32.9 Å². The number of aliphatic hydroxyl groups excluding tert-OH is 1. The Morgan fingerprint density at radius 2 is 1.94 bits per heavy atom. The van der Waals surface area contributed by atoms with Gasteiger partial charge in [0.05, 0.1) is 25.4 Å². The molecule has 3 rings (SSSR count). The van der Waals surface area contributed by atoms with E-state index in [9.17, 15) is 18.3 Å². The molecule has 9 heteroatoms. The number of sulfonamides is 1. The lowest BCUT2D eigenvalue weighted by Crippen LogP contribution is -2.50. The van der Waals surface area contributed by atoms with Gasteiger partial charge in [-0.05, 0) is 25.5 Å². The predicted molar refractivity (Wildman–Crippen MR) is 123 cm³/mol. The summed E-state index contributed by atoms with van der Waals surface area (Å²) in [7, 11) is -1.90. The lowest BCUT2D eigenvalue weighted by molar-refractivity contribution is 0.0374. The number of rotatable bonds is 6. The lowest BCUT2D eigenvalue weighted by atomic mass is 9.99. The molecule has 1 aliphatic heterocycles. The maximum Gasteiger partial charge on any atom is 0.259 e. The van der Waals surface area contributed by atoms with E-state index in [1.54, 1.807) is 24.1 Å². The van der Waals surface area contributed by atoms with Crippen LogP contribution in [0, 0.1) is 12.8 Å². The van der Waals surface area contributed by atoms with Gasteiger partial charge in [-0.15, -0.1) is 0 Å². The Hall–Kier alpha value is -2.49. The summed E-state index contributed by atoms with van der Waals surface area (Å²) in [5.74, 6) is -0.298. The normalized spacial score (nSPS) is 20.3. The molecule has 8 nitrogen and oxygen atoms in total. The molecule has 1 aromatic carbocycles. The molecule has 0 radical (unpaired) electrons. The molecule has 2 aromatic rings. The van der Waals surface area contributed by atoms with Gasteiger partial charge in [0.1, 0.15) is 11.7 Å². The fourth-order valence-corrected chi connectivity index (χ4v) is 4.03. The van der Waals surface area contributed by atoms with Crippen molar-refractivity contribution in [2.75, 3.05) is 33.0 Å². The molecule has 0 saturated carbocycles. The van der Waals surface area contributed by atoms with Crippen molar-refractivity contribution in [1.29, 1.82) is 0 Å². The molecule has 32 heavy (non-hydrogen) atoms. The van der Waals surface area contributed by atoms with Gasteiger partial charge in [-0.3, -0.25) is 4.79 Å². The second-order valence-corrected chi connectivity index (χ2v) is 10.7. The molecule has 1 N–H and O–H groups in total. The van der Waals surface area contributed by atoms with E-state index >= 15 is 0 Å². The van der Waals surface area contributed by atoms with Crippen LogP contribution in [0.5, 0.6) is 5.88 Å². The van der Waals surface area contributed by atoms with Crippen LogP contribution >= 0.6 is 0 Å². The van der Waals surface area contributed by atoms with Crippen LogP contribution in [-0.2, 0) is 10.0 Å². The summed E-state index contributed by atoms with van der Waals surface area (Å²) in [6, 6.07) is 9.25. The Balaban J connectivity index is 2.06. The van der Waals surface area contributed by atoms with Gasteiger partial charge in [-0.25, -0.2) is 17.7 Å². The van der Waals surface area contributed by atoms with Gasteiger partial charge in [-0.1, -0.05) is 36.8 Å². The van der Waals surface area contributed by atoms with Gasteiger partial charge in [0.2, 0.25) is 15.9 Å². The summed E-state index contributed by atoms with van der Waals surface area (Å²) in [5, 5.41) is 9.75. The van der Waals surface area contributed by atoms with E-state index in [0.717, 1.165) is 22.9 Å². The summed E-state index contributed by atoms with van der Waals surface area (Å²) >= 11 is 0. The average molecular weight is 462 g/mol. The number of ether oxygens (including phenoxy) is 1. The Morgan fingerprint density at radius 1 is 1.28 bits per heavy atom. The van der Waals surface area contributed by atoms with Crippen molar-refractivity contribution in [1.82, 2.24) is 14.2 Å². The number of fused-ring (bicyclic) bond motifs is 1. The zero-order valence-corrected chi connectivity index (χ0v) is 20.0. The van der Waals surface area contributed by atoms with Gasteiger partial charge in [-0.2, -0.15) is 0 Å². The summed E-state index contributed by atoms with van der Waals surface area (Å²) in [4.78, 5) is 19.5. The highest BCUT2D eigenvalue weighted by Crippen LogP contribution is 2.30. The number of aryl methyl sites for hydroxylation is 1. The number of carbonyl (C=O) groups is 1. The molecule has 0 spiro atoms. The van der Waals surface area contributed by atoms with E-state index in [1.807, 2.05) is 38.1 Å². The zero-order valence-electron chi connectivity index (χ0n) is 19.1. The minimum Gasteiger partial charge on any atom is -0.472 e. The molecular weight excluding hydrogens is 430 g/mol. The number of aliphatic hydroxyl groups is 1. The smallest absolute Gasteiger partial charge is 0.259 e. The number of aromatic nitrogens is 1. The average Bonchev–Trinajstić information content (AvgIpc) is 2.75. The summed E-state index contributed by atoms with van der Waals surface area (Å²) in [5.41, 5.74) is 3.12. The molecule has 3 atom stereocenters. The van der Waals surface area contributed by atoms with Crippen molar-refractivity contribution in [2.24, 2.45) is 5.92 Å². The number of benzene rings is 1. The van der Waals surface area contributed by atoms with Gasteiger partial charge in [0.25, 0.3) is 5.91 Å². The van der Waals surface area contributed by atoms with E-state index in [-0.39, 0.29) is 30.9 Å². The van der Waals surface area contributed by atoms with E-state index in [1.165, 1.54) is 11.4 Å². The first-order chi connectivity index (χ1) is 15.0. The van der Waals surface area contributed by atoms with Gasteiger partial charge in [0, 0.05) is 31.3 Å². The molecule has 0 aliphatic carbocycles. The lowest BCUT2D eigenvalue weighted by Gasteiger charge is -2.37. The SMILES string of the molecule is Cc1ccc(-c2cnc3c(c2)C(=O)N([C@H](C)CO)C[C@@H](C)[C@@H](CN(C)S(C)(=O)=O)O3)cc1. The van der Waals surface area contributed by atoms with Crippen LogP contribution in [0.15, 0.2) is 36.5 Å². The minimum atomic E-state index is -3.40. The number of pyridine rings is 1. The maximum absolute atomic E-state index is 13.4. The number of hydrogen-bond acceptors (Lipinski definition) is 6.